The van der Waals surface area contributed by atoms with E-state index in [1.807, 2.05) is 0 Å². The average Bonchev–Trinajstić information content (AvgIpc) is 3.79. The van der Waals surface area contributed by atoms with Crippen LogP contribution in [0.1, 0.15) is 24.4 Å². The number of aliphatic hydroxyl groups excluding tert-OH is 3. The second kappa shape index (κ2) is 14.3. The van der Waals surface area contributed by atoms with Gasteiger partial charge in [-0.25, -0.2) is 28.9 Å². The molecule has 3 aliphatic heterocycles. The van der Waals surface area contributed by atoms with Crippen LogP contribution in [0.5, 0.6) is 0 Å². The number of fused-ring (bicyclic) bond motifs is 1. The molecule has 4 aromatic heterocycles. The smallest absolute Gasteiger partial charge is 0.395 e. The number of alkyl halides is 1. The van der Waals surface area contributed by atoms with Crippen LogP contribution in [0.4, 0.5) is 4.39 Å². The minimum absolute atomic E-state index is 0.0538. The lowest BCUT2D eigenvalue weighted by Crippen LogP contribution is -2.35. The lowest BCUT2D eigenvalue weighted by atomic mass is 10.1. The standard InChI is InChI=1S/C26H30FN7O13P2S/c27-16-19(13(7-36)44-25(16)33-6-12-2-1-5-50-23-15(12)21(33)28-9-29-23)47-49(41,42)43-8-14-18(37)20(46-48(39)40)26(45-14)34-11-30-17-22(34)31-10-32(3-4-35)24(17)38/h6,9-11,13-14,16,18-20,25-26,35-37H,1-5,7-8H2,(H-,39,40,41,42)/p+1/t13-,14-,16-,18-,19-,20-,25-,26-/m1/s1. The second-order valence-corrected chi connectivity index (χ2v) is 14.7. The minimum Gasteiger partial charge on any atom is -0.395 e. The van der Waals surface area contributed by atoms with Crippen molar-refractivity contribution >= 4 is 50.0 Å². The molecule has 4 aromatic rings. The van der Waals surface area contributed by atoms with E-state index in [4.69, 9.17) is 23.0 Å². The Kier molecular flexibility index (Phi) is 10.2. The predicted octanol–water partition coefficient (Wildman–Crippen LogP) is 0.0917. The molecule has 0 bridgehead atoms. The van der Waals surface area contributed by atoms with Gasteiger partial charge in [0, 0.05) is 10.8 Å². The highest BCUT2D eigenvalue weighted by Gasteiger charge is 2.53. The van der Waals surface area contributed by atoms with Crippen LogP contribution in [0.15, 0.2) is 35.0 Å². The van der Waals surface area contributed by atoms with Gasteiger partial charge in [-0.2, -0.15) is 0 Å². The molecule has 24 heteroatoms. The number of halogens is 1. The summed E-state index contributed by atoms with van der Waals surface area (Å²) in [6.07, 6.45) is -6.03. The zero-order valence-corrected chi connectivity index (χ0v) is 28.3. The zero-order valence-electron chi connectivity index (χ0n) is 25.7. The first-order valence-electron chi connectivity index (χ1n) is 15.2. The predicted molar refractivity (Wildman–Crippen MR) is 167 cm³/mol. The van der Waals surface area contributed by atoms with Crippen LogP contribution in [-0.2, 0) is 45.1 Å². The Morgan fingerprint density at radius 3 is 2.64 bits per heavy atom. The summed E-state index contributed by atoms with van der Waals surface area (Å²) in [5, 5.41) is 31.6. The molecule has 2 unspecified atom stereocenters. The minimum atomic E-state index is -5.17. The van der Waals surface area contributed by atoms with E-state index < -0.39 is 84.0 Å². The average molecular weight is 763 g/mol. The summed E-state index contributed by atoms with van der Waals surface area (Å²) in [7, 11) is -8.47. The normalized spacial score (nSPS) is 29.8. The molecule has 270 valence electrons. The SMILES string of the molecule is O=c1c2ncn([C@@H]3O[C@H](COP(=O)(O)O[C@H]4[C@@H](F)[C@H](n5cc6c7c(ncnc75)SCCC6)O[C@@H]4CO)[C@@H](O)[C@H]3O[P+](=O)O)c2ncn1CCO. The number of phosphoric acid groups is 1. The summed E-state index contributed by atoms with van der Waals surface area (Å²) in [5.41, 5.74) is 0.480. The van der Waals surface area contributed by atoms with E-state index in [0.717, 1.165) is 49.9 Å². The van der Waals surface area contributed by atoms with Crippen molar-refractivity contribution in [2.75, 3.05) is 25.6 Å². The number of rotatable bonds is 12. The van der Waals surface area contributed by atoms with Crippen LogP contribution in [0.25, 0.3) is 22.2 Å². The fourth-order valence-electron chi connectivity index (χ4n) is 6.30. The van der Waals surface area contributed by atoms with Gasteiger partial charge in [0.1, 0.15) is 47.7 Å². The Labute approximate surface area is 285 Å². The monoisotopic (exact) mass is 762 g/mol. The first-order valence-corrected chi connectivity index (χ1v) is 18.8. The second-order valence-electron chi connectivity index (χ2n) is 11.6. The summed E-state index contributed by atoms with van der Waals surface area (Å²) in [6.45, 7) is -2.03. The fraction of sp³-hybridized carbons (Fsp3) is 0.577. The number of thioether (sulfide) groups is 1. The molecule has 3 aliphatic rings. The van der Waals surface area contributed by atoms with Gasteiger partial charge in [-0.05, 0) is 24.2 Å². The molecule has 20 nitrogen and oxygen atoms in total. The number of aryl methyl sites for hydroxylation is 1. The highest BCUT2D eigenvalue weighted by molar-refractivity contribution is 7.99. The van der Waals surface area contributed by atoms with Crippen molar-refractivity contribution < 1.29 is 61.7 Å². The van der Waals surface area contributed by atoms with Gasteiger partial charge in [-0.3, -0.25) is 23.0 Å². The number of hydrogen-bond acceptors (Lipinski definition) is 16. The number of ether oxygens (including phenoxy) is 2. The van der Waals surface area contributed by atoms with Crippen molar-refractivity contribution in [1.29, 1.82) is 0 Å². The molecule has 0 spiro atoms. The Balaban J connectivity index is 1.07. The van der Waals surface area contributed by atoms with Crippen molar-refractivity contribution in [3.8, 4) is 0 Å². The Bertz CT molecular complexity index is 2020. The molecule has 7 rings (SSSR count). The highest BCUT2D eigenvalue weighted by Crippen LogP contribution is 2.50. The van der Waals surface area contributed by atoms with E-state index in [1.165, 1.54) is 10.9 Å². The van der Waals surface area contributed by atoms with Crippen LogP contribution >= 0.6 is 27.8 Å². The third-order valence-electron chi connectivity index (χ3n) is 8.55. The van der Waals surface area contributed by atoms with Gasteiger partial charge in [0.15, 0.2) is 35.9 Å². The number of aliphatic hydroxyl groups is 3. The number of phosphoric ester groups is 1. The first-order chi connectivity index (χ1) is 24.0. The van der Waals surface area contributed by atoms with Crippen LogP contribution in [-0.4, -0.2) is 121 Å². The highest BCUT2D eigenvalue weighted by atomic mass is 32.2. The van der Waals surface area contributed by atoms with Gasteiger partial charge >= 0.3 is 16.1 Å². The van der Waals surface area contributed by atoms with Crippen LogP contribution in [0.3, 0.4) is 0 Å². The van der Waals surface area contributed by atoms with Crippen LogP contribution < -0.4 is 5.56 Å². The van der Waals surface area contributed by atoms with Gasteiger partial charge in [0.2, 0.25) is 0 Å². The van der Waals surface area contributed by atoms with Gasteiger partial charge in [-0.15, -0.1) is 21.2 Å². The Morgan fingerprint density at radius 2 is 1.88 bits per heavy atom. The van der Waals surface area contributed by atoms with Crippen LogP contribution in [0.2, 0.25) is 0 Å². The van der Waals surface area contributed by atoms with Crippen molar-refractivity contribution in [2.24, 2.45) is 0 Å². The largest absolute Gasteiger partial charge is 0.695 e. The molecular formula is C26H31FN7O13P2S+. The fourth-order valence-corrected chi connectivity index (χ4v) is 8.66. The van der Waals surface area contributed by atoms with Crippen molar-refractivity contribution in [2.45, 2.75) is 73.6 Å². The lowest BCUT2D eigenvalue weighted by Gasteiger charge is -2.22. The van der Waals surface area contributed by atoms with E-state index in [-0.39, 0.29) is 24.3 Å². The Hall–Kier alpha value is -2.82. The quantitative estimate of drug-likeness (QED) is 0.0946. The molecule has 0 aromatic carbocycles. The van der Waals surface area contributed by atoms with Crippen molar-refractivity contribution in [1.82, 2.24) is 33.6 Å². The van der Waals surface area contributed by atoms with E-state index in [2.05, 4.69) is 19.9 Å². The lowest BCUT2D eigenvalue weighted by molar-refractivity contribution is -0.0575. The molecule has 7 heterocycles. The summed E-state index contributed by atoms with van der Waals surface area (Å²) in [4.78, 5) is 49.7. The maximum atomic E-state index is 16.0. The summed E-state index contributed by atoms with van der Waals surface area (Å²) >= 11 is 1.55. The van der Waals surface area contributed by atoms with Gasteiger partial charge in [0.05, 0.1) is 38.1 Å². The zero-order chi connectivity index (χ0) is 35.3. The summed E-state index contributed by atoms with van der Waals surface area (Å²) in [6, 6.07) is 0. The Morgan fingerprint density at radius 1 is 1.08 bits per heavy atom. The molecular weight excluding hydrogens is 731 g/mol. The van der Waals surface area contributed by atoms with E-state index in [1.54, 1.807) is 18.0 Å². The number of imidazole rings is 1. The molecule has 0 amide bonds. The third-order valence-corrected chi connectivity index (χ3v) is 11.0. The molecule has 2 fully saturated rings. The van der Waals surface area contributed by atoms with E-state index in [9.17, 15) is 39.0 Å². The molecule has 10 atom stereocenters. The summed E-state index contributed by atoms with van der Waals surface area (Å²) < 4.78 is 71.4. The van der Waals surface area contributed by atoms with Gasteiger partial charge < -0.3 is 34.3 Å². The van der Waals surface area contributed by atoms with Crippen molar-refractivity contribution in [3.63, 3.8) is 0 Å². The first kappa shape index (κ1) is 35.6. The maximum absolute atomic E-state index is 16.0. The number of nitrogens with zero attached hydrogens (tertiary/aromatic N) is 7. The summed E-state index contributed by atoms with van der Waals surface area (Å²) in [5.74, 6) is 0.853. The topological polar surface area (TPSA) is 265 Å². The molecule has 0 aliphatic carbocycles. The molecule has 2 saturated heterocycles. The molecule has 0 radical (unpaired) electrons. The molecule has 0 saturated carbocycles. The number of hydrogen-bond donors (Lipinski definition) is 5. The van der Waals surface area contributed by atoms with Gasteiger partial charge in [-0.1, -0.05) is 0 Å². The molecule has 50 heavy (non-hydrogen) atoms. The third kappa shape index (κ3) is 6.53. The van der Waals surface area contributed by atoms with Gasteiger partial charge in [0.25, 0.3) is 5.56 Å². The number of aromatic nitrogens is 7. The van der Waals surface area contributed by atoms with Crippen LogP contribution in [0, 0.1) is 0 Å². The van der Waals surface area contributed by atoms with E-state index >= 15 is 4.39 Å². The van der Waals surface area contributed by atoms with Crippen molar-refractivity contribution in [3.05, 3.63) is 41.1 Å². The van der Waals surface area contributed by atoms with E-state index in [0.29, 0.717) is 12.1 Å². The maximum Gasteiger partial charge on any atom is 0.695 e. The molecule has 5 N–H and O–H groups in total.